The van der Waals surface area contributed by atoms with Gasteiger partial charge in [0.1, 0.15) is 5.58 Å². The standard InChI is InChI=1S/C16H14ClNO/c1-11-5-4-7-14(17)16(11)18-9-12-10-19-15-8-3-2-6-13(12)15/h2-8,10,18H,9H2,1H3. The van der Waals surface area contributed by atoms with Gasteiger partial charge in [0, 0.05) is 17.5 Å². The second kappa shape index (κ2) is 4.98. The topological polar surface area (TPSA) is 25.2 Å². The van der Waals surface area contributed by atoms with E-state index in [-0.39, 0.29) is 0 Å². The normalized spacial score (nSPS) is 10.8. The minimum atomic E-state index is 0.696. The first-order valence-corrected chi connectivity index (χ1v) is 6.57. The average Bonchev–Trinajstić information content (AvgIpc) is 2.82. The van der Waals surface area contributed by atoms with E-state index >= 15 is 0 Å². The Morgan fingerprint density at radius 1 is 1.11 bits per heavy atom. The number of fused-ring (bicyclic) bond motifs is 1. The van der Waals surface area contributed by atoms with Gasteiger partial charge in [-0.05, 0) is 24.6 Å². The lowest BCUT2D eigenvalue weighted by Crippen LogP contribution is -2.01. The Morgan fingerprint density at radius 2 is 1.95 bits per heavy atom. The van der Waals surface area contributed by atoms with Crippen LogP contribution in [0.15, 0.2) is 53.1 Å². The fourth-order valence-corrected chi connectivity index (χ4v) is 2.50. The molecular formula is C16H14ClNO. The molecule has 2 aromatic carbocycles. The molecule has 1 heterocycles. The molecule has 0 spiro atoms. The molecule has 19 heavy (non-hydrogen) atoms. The second-order valence-electron chi connectivity index (χ2n) is 4.54. The molecule has 0 atom stereocenters. The third-order valence-electron chi connectivity index (χ3n) is 3.24. The number of rotatable bonds is 3. The first-order chi connectivity index (χ1) is 9.25. The van der Waals surface area contributed by atoms with Crippen molar-refractivity contribution < 1.29 is 4.42 Å². The number of aryl methyl sites for hydroxylation is 1. The summed E-state index contributed by atoms with van der Waals surface area (Å²) in [5.74, 6) is 0. The van der Waals surface area contributed by atoms with E-state index in [0.29, 0.717) is 6.54 Å². The molecule has 2 nitrogen and oxygen atoms in total. The van der Waals surface area contributed by atoms with Crippen molar-refractivity contribution in [2.45, 2.75) is 13.5 Å². The molecule has 96 valence electrons. The first-order valence-electron chi connectivity index (χ1n) is 6.20. The maximum absolute atomic E-state index is 6.20. The van der Waals surface area contributed by atoms with Crippen LogP contribution in [0, 0.1) is 6.92 Å². The van der Waals surface area contributed by atoms with Crippen LogP contribution in [0.25, 0.3) is 11.0 Å². The van der Waals surface area contributed by atoms with Gasteiger partial charge in [0.05, 0.1) is 17.0 Å². The van der Waals surface area contributed by atoms with Crippen molar-refractivity contribution in [3.8, 4) is 0 Å². The van der Waals surface area contributed by atoms with E-state index < -0.39 is 0 Å². The highest BCUT2D eigenvalue weighted by Gasteiger charge is 2.07. The van der Waals surface area contributed by atoms with Gasteiger partial charge in [-0.15, -0.1) is 0 Å². The number of anilines is 1. The molecule has 0 amide bonds. The minimum absolute atomic E-state index is 0.696. The number of nitrogens with one attached hydrogen (secondary N) is 1. The number of hydrogen-bond donors (Lipinski definition) is 1. The second-order valence-corrected chi connectivity index (χ2v) is 4.95. The van der Waals surface area contributed by atoms with Crippen molar-refractivity contribution in [1.29, 1.82) is 0 Å². The summed E-state index contributed by atoms with van der Waals surface area (Å²) in [6.45, 7) is 2.74. The molecule has 1 N–H and O–H groups in total. The summed E-state index contributed by atoms with van der Waals surface area (Å²) >= 11 is 6.20. The Morgan fingerprint density at radius 3 is 2.79 bits per heavy atom. The molecule has 0 aliphatic carbocycles. The number of halogens is 1. The SMILES string of the molecule is Cc1cccc(Cl)c1NCc1coc2ccccc12. The summed E-state index contributed by atoms with van der Waals surface area (Å²) in [5, 5.41) is 5.27. The lowest BCUT2D eigenvalue weighted by Gasteiger charge is -2.10. The third kappa shape index (κ3) is 2.32. The van der Waals surface area contributed by atoms with E-state index in [0.717, 1.165) is 32.8 Å². The lowest BCUT2D eigenvalue weighted by molar-refractivity contribution is 0.611. The molecule has 0 aliphatic rings. The van der Waals surface area contributed by atoms with E-state index in [9.17, 15) is 0 Å². The van der Waals surface area contributed by atoms with E-state index in [4.69, 9.17) is 16.0 Å². The van der Waals surface area contributed by atoms with Gasteiger partial charge in [-0.1, -0.05) is 41.9 Å². The minimum Gasteiger partial charge on any atom is -0.464 e. The van der Waals surface area contributed by atoms with Crippen LogP contribution in [-0.2, 0) is 6.54 Å². The Labute approximate surface area is 117 Å². The predicted octanol–water partition coefficient (Wildman–Crippen LogP) is 5.01. The van der Waals surface area contributed by atoms with Crippen LogP contribution < -0.4 is 5.32 Å². The zero-order chi connectivity index (χ0) is 13.2. The molecule has 3 aromatic rings. The fraction of sp³-hybridized carbons (Fsp3) is 0.125. The molecule has 0 bridgehead atoms. The number of para-hydroxylation sites is 2. The van der Waals surface area contributed by atoms with Gasteiger partial charge >= 0.3 is 0 Å². The van der Waals surface area contributed by atoms with Crippen LogP contribution in [0.1, 0.15) is 11.1 Å². The van der Waals surface area contributed by atoms with E-state index in [1.807, 2.05) is 43.3 Å². The van der Waals surface area contributed by atoms with Gasteiger partial charge in [0.2, 0.25) is 0 Å². The molecule has 3 heteroatoms. The molecule has 3 rings (SSSR count). The molecule has 0 radical (unpaired) electrons. The maximum atomic E-state index is 6.20. The summed E-state index contributed by atoms with van der Waals surface area (Å²) in [5.41, 5.74) is 4.17. The quantitative estimate of drug-likeness (QED) is 0.725. The number of hydrogen-bond acceptors (Lipinski definition) is 2. The van der Waals surface area contributed by atoms with Crippen molar-refractivity contribution in [3.63, 3.8) is 0 Å². The highest BCUT2D eigenvalue weighted by atomic mass is 35.5. The van der Waals surface area contributed by atoms with E-state index in [1.165, 1.54) is 0 Å². The highest BCUT2D eigenvalue weighted by molar-refractivity contribution is 6.33. The van der Waals surface area contributed by atoms with Crippen LogP contribution in [0.4, 0.5) is 5.69 Å². The lowest BCUT2D eigenvalue weighted by atomic mass is 10.1. The summed E-state index contributed by atoms with van der Waals surface area (Å²) in [4.78, 5) is 0. The zero-order valence-electron chi connectivity index (χ0n) is 10.6. The van der Waals surface area contributed by atoms with Crippen LogP contribution in [0.2, 0.25) is 5.02 Å². The third-order valence-corrected chi connectivity index (χ3v) is 3.55. The van der Waals surface area contributed by atoms with E-state index in [1.54, 1.807) is 6.26 Å². The zero-order valence-corrected chi connectivity index (χ0v) is 11.4. The van der Waals surface area contributed by atoms with Gasteiger partial charge in [-0.2, -0.15) is 0 Å². The Hall–Kier alpha value is -1.93. The molecule has 0 unspecified atom stereocenters. The van der Waals surface area contributed by atoms with Gasteiger partial charge in [-0.3, -0.25) is 0 Å². The smallest absolute Gasteiger partial charge is 0.134 e. The molecule has 0 saturated carbocycles. The van der Waals surface area contributed by atoms with Gasteiger partial charge in [0.15, 0.2) is 0 Å². The Kier molecular flexibility index (Phi) is 3.18. The van der Waals surface area contributed by atoms with Crippen molar-refractivity contribution >= 4 is 28.3 Å². The van der Waals surface area contributed by atoms with Gasteiger partial charge < -0.3 is 9.73 Å². The maximum Gasteiger partial charge on any atom is 0.134 e. The molecular weight excluding hydrogens is 258 g/mol. The molecule has 0 saturated heterocycles. The Balaban J connectivity index is 1.87. The summed E-state index contributed by atoms with van der Waals surface area (Å²) in [7, 11) is 0. The molecule has 0 fully saturated rings. The molecule has 0 aliphatic heterocycles. The van der Waals surface area contributed by atoms with Crippen molar-refractivity contribution in [1.82, 2.24) is 0 Å². The van der Waals surface area contributed by atoms with Gasteiger partial charge in [-0.25, -0.2) is 0 Å². The predicted molar refractivity (Wildman–Crippen MR) is 79.7 cm³/mol. The average molecular weight is 272 g/mol. The van der Waals surface area contributed by atoms with Crippen molar-refractivity contribution in [2.75, 3.05) is 5.32 Å². The van der Waals surface area contributed by atoms with Crippen LogP contribution >= 0.6 is 11.6 Å². The molecule has 1 aromatic heterocycles. The van der Waals surface area contributed by atoms with Crippen molar-refractivity contribution in [2.24, 2.45) is 0 Å². The summed E-state index contributed by atoms with van der Waals surface area (Å²) in [6, 6.07) is 13.9. The number of benzene rings is 2. The number of furan rings is 1. The monoisotopic (exact) mass is 271 g/mol. The summed E-state index contributed by atoms with van der Waals surface area (Å²) in [6.07, 6.45) is 1.80. The largest absolute Gasteiger partial charge is 0.464 e. The first kappa shape index (κ1) is 12.1. The van der Waals surface area contributed by atoms with Crippen LogP contribution in [0.5, 0.6) is 0 Å². The Bertz CT molecular complexity index is 697. The highest BCUT2D eigenvalue weighted by Crippen LogP contribution is 2.27. The van der Waals surface area contributed by atoms with E-state index in [2.05, 4.69) is 11.4 Å². The van der Waals surface area contributed by atoms with Crippen LogP contribution in [-0.4, -0.2) is 0 Å². The van der Waals surface area contributed by atoms with Gasteiger partial charge in [0.25, 0.3) is 0 Å². The van der Waals surface area contributed by atoms with Crippen LogP contribution in [0.3, 0.4) is 0 Å². The fourth-order valence-electron chi connectivity index (χ4n) is 2.21. The summed E-state index contributed by atoms with van der Waals surface area (Å²) < 4.78 is 5.52. The van der Waals surface area contributed by atoms with Crippen molar-refractivity contribution in [3.05, 3.63) is 64.9 Å².